The van der Waals surface area contributed by atoms with Gasteiger partial charge in [-0.25, -0.2) is 0 Å². The standard InChI is InChI=1S/C11H16N4O2/c1-2-3-4-5-13-11-9-7(14-15-11)6-8(17-9)10(12)16/h6H,2-5H2,1H3,(H2,12,16)(H2,13,14,15). The quantitative estimate of drug-likeness (QED) is 0.667. The summed E-state index contributed by atoms with van der Waals surface area (Å²) in [5.41, 5.74) is 6.37. The van der Waals surface area contributed by atoms with E-state index in [2.05, 4.69) is 22.4 Å². The van der Waals surface area contributed by atoms with Crippen molar-refractivity contribution in [3.05, 3.63) is 11.8 Å². The second-order valence-electron chi connectivity index (χ2n) is 3.92. The number of fused-ring (bicyclic) bond motifs is 1. The molecule has 6 heteroatoms. The Morgan fingerprint density at radius 2 is 2.41 bits per heavy atom. The van der Waals surface area contributed by atoms with E-state index < -0.39 is 5.91 Å². The number of nitrogens with zero attached hydrogens (tertiary/aromatic N) is 1. The van der Waals surface area contributed by atoms with E-state index in [1.165, 1.54) is 12.8 Å². The number of aromatic amines is 1. The van der Waals surface area contributed by atoms with Gasteiger partial charge in [0, 0.05) is 12.6 Å². The summed E-state index contributed by atoms with van der Waals surface area (Å²) >= 11 is 0. The van der Waals surface area contributed by atoms with E-state index in [9.17, 15) is 4.79 Å². The van der Waals surface area contributed by atoms with Gasteiger partial charge in [-0.2, -0.15) is 5.10 Å². The zero-order valence-corrected chi connectivity index (χ0v) is 9.75. The minimum absolute atomic E-state index is 0.144. The van der Waals surface area contributed by atoms with Crippen molar-refractivity contribution in [3.63, 3.8) is 0 Å². The van der Waals surface area contributed by atoms with E-state index in [1.54, 1.807) is 6.07 Å². The van der Waals surface area contributed by atoms with Gasteiger partial charge in [-0.05, 0) is 6.42 Å². The number of amides is 1. The number of primary amides is 1. The van der Waals surface area contributed by atoms with Crippen LogP contribution in [0.3, 0.4) is 0 Å². The van der Waals surface area contributed by atoms with Gasteiger partial charge in [-0.15, -0.1) is 0 Å². The summed E-state index contributed by atoms with van der Waals surface area (Å²) in [6.07, 6.45) is 3.42. The number of nitrogens with one attached hydrogen (secondary N) is 2. The summed E-state index contributed by atoms with van der Waals surface area (Å²) in [6, 6.07) is 1.56. The van der Waals surface area contributed by atoms with Crippen LogP contribution >= 0.6 is 0 Å². The Hall–Kier alpha value is -1.98. The second kappa shape index (κ2) is 4.90. The van der Waals surface area contributed by atoms with Gasteiger partial charge >= 0.3 is 0 Å². The maximum atomic E-state index is 11.0. The van der Waals surface area contributed by atoms with Crippen LogP contribution in [0.4, 0.5) is 5.82 Å². The summed E-state index contributed by atoms with van der Waals surface area (Å²) in [7, 11) is 0. The third kappa shape index (κ3) is 2.41. The Bertz CT molecular complexity index is 514. The molecule has 2 aromatic rings. The fraction of sp³-hybridized carbons (Fsp3) is 0.455. The zero-order chi connectivity index (χ0) is 12.3. The van der Waals surface area contributed by atoms with Gasteiger partial charge in [0.05, 0.1) is 0 Å². The van der Waals surface area contributed by atoms with Crippen LogP contribution in [-0.4, -0.2) is 22.6 Å². The topological polar surface area (TPSA) is 96.9 Å². The normalized spacial score (nSPS) is 10.9. The molecule has 0 aliphatic carbocycles. The third-order valence-corrected chi connectivity index (χ3v) is 2.55. The molecule has 0 aromatic carbocycles. The number of furan rings is 1. The van der Waals surface area contributed by atoms with Crippen molar-refractivity contribution in [1.29, 1.82) is 0 Å². The molecule has 0 fully saturated rings. The minimum Gasteiger partial charge on any atom is -0.445 e. The minimum atomic E-state index is -0.577. The fourth-order valence-corrected chi connectivity index (χ4v) is 1.64. The molecule has 0 radical (unpaired) electrons. The molecule has 2 aromatic heterocycles. The first kappa shape index (κ1) is 11.5. The van der Waals surface area contributed by atoms with Gasteiger partial charge in [-0.1, -0.05) is 19.8 Å². The lowest BCUT2D eigenvalue weighted by Gasteiger charge is -2.00. The molecule has 0 spiro atoms. The molecule has 0 aliphatic heterocycles. The van der Waals surface area contributed by atoms with Gasteiger partial charge in [0.25, 0.3) is 5.91 Å². The molecule has 2 heterocycles. The second-order valence-corrected chi connectivity index (χ2v) is 3.92. The number of hydrogen-bond acceptors (Lipinski definition) is 4. The number of rotatable bonds is 6. The van der Waals surface area contributed by atoms with Crippen LogP contribution in [-0.2, 0) is 0 Å². The molecule has 4 N–H and O–H groups in total. The molecule has 0 aliphatic rings. The molecule has 0 saturated carbocycles. The predicted octanol–water partition coefficient (Wildman–Crippen LogP) is 1.86. The van der Waals surface area contributed by atoms with E-state index in [0.717, 1.165) is 13.0 Å². The van der Waals surface area contributed by atoms with E-state index in [-0.39, 0.29) is 5.76 Å². The van der Waals surface area contributed by atoms with Gasteiger partial charge < -0.3 is 15.5 Å². The smallest absolute Gasteiger partial charge is 0.284 e. The number of carbonyl (C=O) groups is 1. The van der Waals surface area contributed by atoms with Crippen molar-refractivity contribution in [2.45, 2.75) is 26.2 Å². The van der Waals surface area contributed by atoms with Crippen molar-refractivity contribution in [1.82, 2.24) is 10.2 Å². The highest BCUT2D eigenvalue weighted by molar-refractivity contribution is 5.96. The number of nitrogens with two attached hydrogens (primary N) is 1. The van der Waals surface area contributed by atoms with Crippen molar-refractivity contribution >= 4 is 22.8 Å². The molecule has 1 amide bonds. The van der Waals surface area contributed by atoms with Crippen LogP contribution in [0.1, 0.15) is 36.7 Å². The first-order valence-electron chi connectivity index (χ1n) is 5.74. The summed E-state index contributed by atoms with van der Waals surface area (Å²) < 4.78 is 5.33. The number of unbranched alkanes of at least 4 members (excludes halogenated alkanes) is 2. The highest BCUT2D eigenvalue weighted by Gasteiger charge is 2.14. The number of anilines is 1. The largest absolute Gasteiger partial charge is 0.445 e. The molecule has 92 valence electrons. The maximum Gasteiger partial charge on any atom is 0.284 e. The Morgan fingerprint density at radius 1 is 1.59 bits per heavy atom. The monoisotopic (exact) mass is 236 g/mol. The van der Waals surface area contributed by atoms with Crippen molar-refractivity contribution < 1.29 is 9.21 Å². The highest BCUT2D eigenvalue weighted by Crippen LogP contribution is 2.23. The van der Waals surface area contributed by atoms with Crippen LogP contribution in [0.2, 0.25) is 0 Å². The van der Waals surface area contributed by atoms with Crippen LogP contribution < -0.4 is 11.1 Å². The summed E-state index contributed by atoms with van der Waals surface area (Å²) in [5.74, 6) is 0.195. The van der Waals surface area contributed by atoms with Gasteiger partial charge in [-0.3, -0.25) is 9.89 Å². The Morgan fingerprint density at radius 3 is 3.12 bits per heavy atom. The van der Waals surface area contributed by atoms with E-state index >= 15 is 0 Å². The predicted molar refractivity (Wildman–Crippen MR) is 64.9 cm³/mol. The lowest BCUT2D eigenvalue weighted by molar-refractivity contribution is 0.0976. The van der Waals surface area contributed by atoms with E-state index in [4.69, 9.17) is 10.2 Å². The number of carbonyl (C=O) groups excluding carboxylic acids is 1. The van der Waals surface area contributed by atoms with Crippen molar-refractivity contribution in [2.24, 2.45) is 5.73 Å². The van der Waals surface area contributed by atoms with E-state index in [0.29, 0.717) is 16.9 Å². The molecule has 0 saturated heterocycles. The highest BCUT2D eigenvalue weighted by atomic mass is 16.3. The average molecular weight is 236 g/mol. The van der Waals surface area contributed by atoms with Crippen molar-refractivity contribution in [2.75, 3.05) is 11.9 Å². The number of aromatic nitrogens is 2. The Balaban J connectivity index is 2.09. The van der Waals surface area contributed by atoms with Crippen LogP contribution in [0.5, 0.6) is 0 Å². The van der Waals surface area contributed by atoms with Gasteiger partial charge in [0.2, 0.25) is 0 Å². The Kier molecular flexibility index (Phi) is 3.32. The molecule has 0 unspecified atom stereocenters. The lowest BCUT2D eigenvalue weighted by Crippen LogP contribution is -2.09. The summed E-state index contributed by atoms with van der Waals surface area (Å²) in [6.45, 7) is 2.98. The zero-order valence-electron chi connectivity index (χ0n) is 9.75. The molecule has 6 nitrogen and oxygen atoms in total. The number of hydrogen-bond donors (Lipinski definition) is 3. The van der Waals surface area contributed by atoms with Gasteiger partial charge in [0.1, 0.15) is 5.52 Å². The van der Waals surface area contributed by atoms with Crippen LogP contribution in [0.15, 0.2) is 10.5 Å². The molecule has 0 atom stereocenters. The molecule has 17 heavy (non-hydrogen) atoms. The molecular formula is C11H16N4O2. The SMILES string of the molecule is CCCCCNc1n[nH]c2cc(C(N)=O)oc12. The lowest BCUT2D eigenvalue weighted by atomic mass is 10.2. The summed E-state index contributed by atoms with van der Waals surface area (Å²) in [5, 5.41) is 10.0. The molecule has 0 bridgehead atoms. The first-order chi connectivity index (χ1) is 8.22. The Labute approximate surface area is 98.5 Å². The van der Waals surface area contributed by atoms with Crippen molar-refractivity contribution in [3.8, 4) is 0 Å². The molecular weight excluding hydrogens is 220 g/mol. The summed E-state index contributed by atoms with van der Waals surface area (Å²) in [4.78, 5) is 11.0. The van der Waals surface area contributed by atoms with Gasteiger partial charge in [0.15, 0.2) is 17.2 Å². The maximum absolute atomic E-state index is 11.0. The van der Waals surface area contributed by atoms with Crippen LogP contribution in [0, 0.1) is 0 Å². The average Bonchev–Trinajstić information content (AvgIpc) is 2.85. The van der Waals surface area contributed by atoms with Crippen LogP contribution in [0.25, 0.3) is 11.1 Å². The van der Waals surface area contributed by atoms with E-state index in [1.807, 2.05) is 0 Å². The third-order valence-electron chi connectivity index (χ3n) is 2.55. The number of H-pyrrole nitrogens is 1. The fourth-order valence-electron chi connectivity index (χ4n) is 1.64. The molecule has 2 rings (SSSR count). The first-order valence-corrected chi connectivity index (χ1v) is 5.74.